The summed E-state index contributed by atoms with van der Waals surface area (Å²) < 4.78 is 11.1. The highest BCUT2D eigenvalue weighted by Crippen LogP contribution is 2.43. The van der Waals surface area contributed by atoms with Gasteiger partial charge in [0, 0.05) is 5.56 Å². The summed E-state index contributed by atoms with van der Waals surface area (Å²) in [6, 6.07) is 10.8. The zero-order valence-corrected chi connectivity index (χ0v) is 11.2. The topological polar surface area (TPSA) is 87.0 Å². The molecule has 1 atom stereocenters. The summed E-state index contributed by atoms with van der Waals surface area (Å²) in [4.78, 5) is 11.8. The average Bonchev–Trinajstić information content (AvgIpc) is 2.48. The van der Waals surface area contributed by atoms with Crippen LogP contribution in [0.5, 0.6) is 5.75 Å². The second-order valence-electron chi connectivity index (χ2n) is 4.81. The number of nitrogens with zero attached hydrogens (tertiary/aromatic N) is 2. The summed E-state index contributed by atoms with van der Waals surface area (Å²) in [7, 11) is 0. The van der Waals surface area contributed by atoms with E-state index in [1.54, 1.807) is 12.1 Å². The maximum atomic E-state index is 11.8. The van der Waals surface area contributed by atoms with E-state index < -0.39 is 11.7 Å². The minimum Gasteiger partial charge on any atom is -0.484 e. The summed E-state index contributed by atoms with van der Waals surface area (Å²) in [6.45, 7) is 1.92. The molecule has 0 amide bonds. The molecule has 0 spiro atoms. The molecule has 1 aromatic heterocycles. The second kappa shape index (κ2) is 4.81. The molecule has 5 nitrogen and oxygen atoms in total. The molecule has 0 radical (unpaired) electrons. The predicted octanol–water partition coefficient (Wildman–Crippen LogP) is 2.83. The van der Waals surface area contributed by atoms with Crippen LogP contribution in [-0.4, -0.2) is 0 Å². The molecule has 0 aliphatic carbocycles. The van der Waals surface area contributed by atoms with E-state index in [9.17, 15) is 4.79 Å². The number of fused-ring (bicyclic) bond motifs is 3. The smallest absolute Gasteiger partial charge is 0.354 e. The Morgan fingerprint density at radius 2 is 2.10 bits per heavy atom. The maximum Gasteiger partial charge on any atom is 0.354 e. The fraction of sp³-hybridized carbons (Fsp3) is 0.188. The molecule has 0 fully saturated rings. The lowest BCUT2D eigenvalue weighted by atomic mass is 9.95. The molecular formula is C16H10N2O3. The lowest BCUT2D eigenvalue weighted by molar-refractivity contribution is 0.202. The first-order chi connectivity index (χ1) is 10.1. The van der Waals surface area contributed by atoms with E-state index in [1.165, 1.54) is 6.07 Å². The van der Waals surface area contributed by atoms with E-state index in [4.69, 9.17) is 19.7 Å². The van der Waals surface area contributed by atoms with Gasteiger partial charge in [-0.1, -0.05) is 11.6 Å². The van der Waals surface area contributed by atoms with E-state index in [2.05, 4.69) is 0 Å². The molecule has 3 rings (SSSR count). The maximum absolute atomic E-state index is 11.8. The molecule has 5 heteroatoms. The number of hydrogen-bond acceptors (Lipinski definition) is 5. The molecule has 1 aliphatic rings. The third-order valence-corrected chi connectivity index (χ3v) is 3.37. The van der Waals surface area contributed by atoms with Crippen molar-refractivity contribution in [3.05, 3.63) is 51.4 Å². The molecule has 1 aromatic carbocycles. The Hall–Kier alpha value is -3.05. The van der Waals surface area contributed by atoms with Crippen molar-refractivity contribution in [3.8, 4) is 29.2 Å². The van der Waals surface area contributed by atoms with E-state index >= 15 is 0 Å². The molecule has 0 saturated heterocycles. The molecule has 0 N–H and O–H groups in total. The molecule has 2 heterocycles. The first-order valence-corrected chi connectivity index (χ1v) is 6.37. The number of aryl methyl sites for hydroxylation is 1. The Labute approximate surface area is 120 Å². The average molecular weight is 278 g/mol. The summed E-state index contributed by atoms with van der Waals surface area (Å²) in [5, 5.41) is 17.9. The van der Waals surface area contributed by atoms with E-state index in [1.807, 2.05) is 25.1 Å². The standard InChI is InChI=1S/C16H10N2O3/c1-9-2-3-13-11(6-9)15-12(14(20-13)4-5-17)7-10(8-18)16(19)21-15/h2-3,6-7,14H,4H2,1H3. The van der Waals surface area contributed by atoms with Gasteiger partial charge in [0.05, 0.1) is 18.1 Å². The Kier molecular flexibility index (Phi) is 2.97. The molecule has 1 unspecified atom stereocenters. The van der Waals surface area contributed by atoms with E-state index in [0.29, 0.717) is 22.6 Å². The molecule has 102 valence electrons. The number of hydrogen-bond donors (Lipinski definition) is 0. The van der Waals surface area contributed by atoms with Crippen LogP contribution in [0, 0.1) is 29.6 Å². The van der Waals surface area contributed by atoms with Crippen LogP contribution >= 0.6 is 0 Å². The molecule has 2 aromatic rings. The molecule has 1 aliphatic heterocycles. The Morgan fingerprint density at radius 3 is 2.81 bits per heavy atom. The van der Waals surface area contributed by atoms with Crippen molar-refractivity contribution < 1.29 is 9.15 Å². The Morgan fingerprint density at radius 1 is 1.29 bits per heavy atom. The third kappa shape index (κ3) is 2.05. The normalized spacial score (nSPS) is 15.1. The van der Waals surface area contributed by atoms with Gasteiger partial charge in [-0.05, 0) is 25.1 Å². The lowest BCUT2D eigenvalue weighted by Gasteiger charge is -2.26. The summed E-state index contributed by atoms with van der Waals surface area (Å²) in [6.07, 6.45) is -0.435. The van der Waals surface area contributed by atoms with Crippen molar-refractivity contribution in [2.75, 3.05) is 0 Å². The lowest BCUT2D eigenvalue weighted by Crippen LogP contribution is -2.17. The summed E-state index contributed by atoms with van der Waals surface area (Å²) >= 11 is 0. The zero-order valence-electron chi connectivity index (χ0n) is 11.2. The minimum atomic E-state index is -0.679. The van der Waals surface area contributed by atoms with Gasteiger partial charge in [0.1, 0.15) is 29.2 Å². The molecule has 0 saturated carbocycles. The fourth-order valence-electron chi connectivity index (χ4n) is 2.39. The van der Waals surface area contributed by atoms with Gasteiger partial charge in [-0.2, -0.15) is 10.5 Å². The van der Waals surface area contributed by atoms with Crippen LogP contribution in [0.15, 0.2) is 33.5 Å². The van der Waals surface area contributed by atoms with Crippen LogP contribution in [0.2, 0.25) is 0 Å². The Bertz CT molecular complexity index is 869. The predicted molar refractivity (Wildman–Crippen MR) is 73.5 cm³/mol. The summed E-state index contributed by atoms with van der Waals surface area (Å²) in [5.41, 5.74) is 1.46. The van der Waals surface area contributed by atoms with Gasteiger partial charge < -0.3 is 9.15 Å². The first-order valence-electron chi connectivity index (χ1n) is 6.37. The first kappa shape index (κ1) is 13.0. The van der Waals surface area contributed by atoms with Gasteiger partial charge >= 0.3 is 5.63 Å². The number of ether oxygens (including phenoxy) is 1. The number of rotatable bonds is 1. The van der Waals surface area contributed by atoms with Crippen molar-refractivity contribution >= 4 is 0 Å². The van der Waals surface area contributed by atoms with Crippen LogP contribution in [0.25, 0.3) is 11.3 Å². The van der Waals surface area contributed by atoms with Gasteiger partial charge in [0.15, 0.2) is 0 Å². The zero-order chi connectivity index (χ0) is 15.0. The third-order valence-electron chi connectivity index (χ3n) is 3.37. The largest absolute Gasteiger partial charge is 0.484 e. The molecular weight excluding hydrogens is 268 g/mol. The van der Waals surface area contributed by atoms with Crippen molar-refractivity contribution in [2.45, 2.75) is 19.4 Å². The van der Waals surface area contributed by atoms with Crippen molar-refractivity contribution in [3.63, 3.8) is 0 Å². The second-order valence-corrected chi connectivity index (χ2v) is 4.81. The number of nitriles is 2. The fourth-order valence-corrected chi connectivity index (χ4v) is 2.39. The van der Waals surface area contributed by atoms with E-state index in [0.717, 1.165) is 5.56 Å². The summed E-state index contributed by atoms with van der Waals surface area (Å²) in [5.74, 6) is 0.949. The molecule has 21 heavy (non-hydrogen) atoms. The van der Waals surface area contributed by atoms with Crippen LogP contribution < -0.4 is 10.4 Å². The van der Waals surface area contributed by atoms with Crippen molar-refractivity contribution in [1.82, 2.24) is 0 Å². The minimum absolute atomic E-state index is 0.0867. The van der Waals surface area contributed by atoms with Crippen molar-refractivity contribution in [2.24, 2.45) is 0 Å². The quantitative estimate of drug-likeness (QED) is 0.800. The van der Waals surface area contributed by atoms with Gasteiger partial charge in [-0.3, -0.25) is 0 Å². The number of benzene rings is 1. The van der Waals surface area contributed by atoms with Gasteiger partial charge in [-0.25, -0.2) is 4.79 Å². The van der Waals surface area contributed by atoms with Crippen LogP contribution in [-0.2, 0) is 0 Å². The van der Waals surface area contributed by atoms with Crippen molar-refractivity contribution in [1.29, 1.82) is 10.5 Å². The van der Waals surface area contributed by atoms with Crippen LogP contribution in [0.1, 0.15) is 29.2 Å². The highest BCUT2D eigenvalue weighted by Gasteiger charge is 2.29. The van der Waals surface area contributed by atoms with Gasteiger partial charge in [0.25, 0.3) is 0 Å². The van der Waals surface area contributed by atoms with Crippen LogP contribution in [0.3, 0.4) is 0 Å². The van der Waals surface area contributed by atoms with Gasteiger partial charge in [0.2, 0.25) is 0 Å². The molecule has 0 bridgehead atoms. The Balaban J connectivity index is 2.31. The highest BCUT2D eigenvalue weighted by atomic mass is 16.5. The highest BCUT2D eigenvalue weighted by molar-refractivity contribution is 5.72. The van der Waals surface area contributed by atoms with Crippen LogP contribution in [0.4, 0.5) is 0 Å². The van der Waals surface area contributed by atoms with Gasteiger partial charge in [-0.15, -0.1) is 0 Å². The monoisotopic (exact) mass is 278 g/mol. The SMILES string of the molecule is Cc1ccc2c(c1)-c1oc(=O)c(C#N)cc1C(CC#N)O2. The van der Waals surface area contributed by atoms with E-state index in [-0.39, 0.29) is 12.0 Å².